The quantitative estimate of drug-likeness (QED) is 0.851. The molecule has 0 unspecified atom stereocenters. The first-order valence-electron chi connectivity index (χ1n) is 5.87. The summed E-state index contributed by atoms with van der Waals surface area (Å²) >= 11 is 1.34. The predicted octanol–water partition coefficient (Wildman–Crippen LogP) is 2.68. The fourth-order valence-electron chi connectivity index (χ4n) is 1.61. The standard InChI is InChI=1S/C14H14N2O3S/c1-8-11(15)7-12(20-8)13(17)16-10-5-3-9(4-6-10)14(18)19-2/h3-7H,15H2,1-2H3,(H,16,17). The number of carbonyl (C=O) groups is 2. The van der Waals surface area contributed by atoms with Crippen LogP contribution in [0, 0.1) is 6.92 Å². The van der Waals surface area contributed by atoms with Gasteiger partial charge in [-0.2, -0.15) is 0 Å². The van der Waals surface area contributed by atoms with Gasteiger partial charge in [0.15, 0.2) is 0 Å². The number of nitrogens with one attached hydrogen (secondary N) is 1. The van der Waals surface area contributed by atoms with Crippen molar-refractivity contribution >= 4 is 34.6 Å². The number of hydrogen-bond acceptors (Lipinski definition) is 5. The molecule has 3 N–H and O–H groups in total. The second-order valence-electron chi connectivity index (χ2n) is 4.15. The van der Waals surface area contributed by atoms with E-state index in [0.29, 0.717) is 21.8 Å². The molecule has 2 rings (SSSR count). The summed E-state index contributed by atoms with van der Waals surface area (Å²) in [5, 5.41) is 2.75. The van der Waals surface area contributed by atoms with Crippen LogP contribution in [-0.2, 0) is 4.74 Å². The van der Waals surface area contributed by atoms with Gasteiger partial charge in [-0.05, 0) is 37.3 Å². The monoisotopic (exact) mass is 290 g/mol. The molecule has 0 aliphatic heterocycles. The van der Waals surface area contributed by atoms with E-state index >= 15 is 0 Å². The molecule has 0 spiro atoms. The normalized spacial score (nSPS) is 10.1. The number of thiophene rings is 1. The molecule has 6 heteroatoms. The summed E-state index contributed by atoms with van der Waals surface area (Å²) < 4.78 is 4.60. The second kappa shape index (κ2) is 5.75. The average Bonchev–Trinajstić information content (AvgIpc) is 2.79. The largest absolute Gasteiger partial charge is 0.465 e. The van der Waals surface area contributed by atoms with E-state index in [2.05, 4.69) is 10.1 Å². The van der Waals surface area contributed by atoms with E-state index in [0.717, 1.165) is 4.88 Å². The molecule has 2 aromatic rings. The van der Waals surface area contributed by atoms with E-state index in [9.17, 15) is 9.59 Å². The Morgan fingerprint density at radius 1 is 1.25 bits per heavy atom. The SMILES string of the molecule is COC(=O)c1ccc(NC(=O)c2cc(N)c(C)s2)cc1. The third kappa shape index (κ3) is 2.97. The van der Waals surface area contributed by atoms with Gasteiger partial charge in [0.05, 0.1) is 17.6 Å². The molecule has 0 atom stereocenters. The zero-order valence-corrected chi connectivity index (χ0v) is 11.9. The molecule has 1 aromatic heterocycles. The Bertz CT molecular complexity index is 627. The number of rotatable bonds is 3. The highest BCUT2D eigenvalue weighted by Crippen LogP contribution is 2.24. The lowest BCUT2D eigenvalue weighted by atomic mass is 10.2. The van der Waals surface area contributed by atoms with Crippen LogP contribution in [0.2, 0.25) is 0 Å². The van der Waals surface area contributed by atoms with E-state index in [1.165, 1.54) is 18.4 Å². The van der Waals surface area contributed by atoms with E-state index in [1.54, 1.807) is 30.3 Å². The van der Waals surface area contributed by atoms with Crippen LogP contribution < -0.4 is 11.1 Å². The van der Waals surface area contributed by atoms with Crippen molar-refractivity contribution in [3.63, 3.8) is 0 Å². The van der Waals surface area contributed by atoms with Gasteiger partial charge in [-0.1, -0.05) is 0 Å². The Morgan fingerprint density at radius 2 is 1.90 bits per heavy atom. The number of nitrogens with two attached hydrogens (primary N) is 1. The molecular weight excluding hydrogens is 276 g/mol. The zero-order valence-electron chi connectivity index (χ0n) is 11.1. The van der Waals surface area contributed by atoms with Gasteiger partial charge >= 0.3 is 5.97 Å². The summed E-state index contributed by atoms with van der Waals surface area (Å²) in [4.78, 5) is 24.8. The summed E-state index contributed by atoms with van der Waals surface area (Å²) in [6.45, 7) is 1.86. The van der Waals surface area contributed by atoms with E-state index in [1.807, 2.05) is 6.92 Å². The lowest BCUT2D eigenvalue weighted by Gasteiger charge is -2.04. The Balaban J connectivity index is 2.10. The molecule has 104 valence electrons. The van der Waals surface area contributed by atoms with Crippen LogP contribution >= 0.6 is 11.3 Å². The number of carbonyl (C=O) groups excluding carboxylic acids is 2. The van der Waals surface area contributed by atoms with Crippen LogP contribution in [0.5, 0.6) is 0 Å². The van der Waals surface area contributed by atoms with Crippen molar-refractivity contribution in [1.82, 2.24) is 0 Å². The predicted molar refractivity (Wildman–Crippen MR) is 79.2 cm³/mol. The van der Waals surface area contributed by atoms with Crippen LogP contribution in [0.15, 0.2) is 30.3 Å². The fourth-order valence-corrected chi connectivity index (χ4v) is 2.44. The number of anilines is 2. The van der Waals surface area contributed by atoms with Crippen molar-refractivity contribution < 1.29 is 14.3 Å². The van der Waals surface area contributed by atoms with Gasteiger partial charge in [-0.15, -0.1) is 11.3 Å². The Morgan fingerprint density at radius 3 is 2.40 bits per heavy atom. The molecule has 0 fully saturated rings. The minimum atomic E-state index is -0.412. The van der Waals surface area contributed by atoms with E-state index in [-0.39, 0.29) is 5.91 Å². The Labute approximate surface area is 120 Å². The highest BCUT2D eigenvalue weighted by Gasteiger charge is 2.11. The first-order chi connectivity index (χ1) is 9.51. The second-order valence-corrected chi connectivity index (χ2v) is 5.40. The number of ether oxygens (including phenoxy) is 1. The van der Waals surface area contributed by atoms with Crippen LogP contribution in [0.1, 0.15) is 24.9 Å². The third-order valence-electron chi connectivity index (χ3n) is 2.74. The van der Waals surface area contributed by atoms with Crippen LogP contribution in [0.3, 0.4) is 0 Å². The van der Waals surface area contributed by atoms with Crippen LogP contribution in [0.4, 0.5) is 11.4 Å². The Hall–Kier alpha value is -2.34. The number of benzene rings is 1. The molecule has 0 saturated heterocycles. The molecule has 0 aliphatic carbocycles. The van der Waals surface area contributed by atoms with Crippen LogP contribution in [0.25, 0.3) is 0 Å². The zero-order chi connectivity index (χ0) is 14.7. The van der Waals surface area contributed by atoms with E-state index in [4.69, 9.17) is 5.73 Å². The summed E-state index contributed by atoms with van der Waals surface area (Å²) in [5.74, 6) is -0.634. The first kappa shape index (κ1) is 14.1. The summed E-state index contributed by atoms with van der Waals surface area (Å²) in [5.41, 5.74) is 7.37. The molecule has 5 nitrogen and oxygen atoms in total. The van der Waals surface area contributed by atoms with Crippen LogP contribution in [-0.4, -0.2) is 19.0 Å². The highest BCUT2D eigenvalue weighted by molar-refractivity contribution is 7.14. The molecular formula is C14H14N2O3S. The average molecular weight is 290 g/mol. The van der Waals surface area contributed by atoms with Crippen molar-refractivity contribution in [2.45, 2.75) is 6.92 Å². The molecule has 0 radical (unpaired) electrons. The van der Waals surface area contributed by atoms with E-state index < -0.39 is 5.97 Å². The van der Waals surface area contributed by atoms with Crippen molar-refractivity contribution in [2.75, 3.05) is 18.2 Å². The van der Waals surface area contributed by atoms with Crippen molar-refractivity contribution in [1.29, 1.82) is 0 Å². The maximum Gasteiger partial charge on any atom is 0.337 e. The minimum Gasteiger partial charge on any atom is -0.465 e. The number of hydrogen-bond donors (Lipinski definition) is 2. The lowest BCUT2D eigenvalue weighted by molar-refractivity contribution is 0.0600. The lowest BCUT2D eigenvalue weighted by Crippen LogP contribution is -2.10. The van der Waals surface area contributed by atoms with Crippen molar-refractivity contribution in [2.24, 2.45) is 0 Å². The first-order valence-corrected chi connectivity index (χ1v) is 6.68. The van der Waals surface area contributed by atoms with Crippen molar-refractivity contribution in [3.8, 4) is 0 Å². The molecule has 1 aromatic carbocycles. The highest BCUT2D eigenvalue weighted by atomic mass is 32.1. The molecule has 0 aliphatic rings. The third-order valence-corrected chi connectivity index (χ3v) is 3.81. The van der Waals surface area contributed by atoms with Gasteiger partial charge in [0.2, 0.25) is 0 Å². The minimum absolute atomic E-state index is 0.222. The number of esters is 1. The van der Waals surface area contributed by atoms with Gasteiger partial charge in [0.1, 0.15) is 0 Å². The molecule has 20 heavy (non-hydrogen) atoms. The number of methoxy groups -OCH3 is 1. The summed E-state index contributed by atoms with van der Waals surface area (Å²) in [6.07, 6.45) is 0. The van der Waals surface area contributed by atoms with Gasteiger partial charge in [0, 0.05) is 16.3 Å². The van der Waals surface area contributed by atoms with Gasteiger partial charge < -0.3 is 15.8 Å². The topological polar surface area (TPSA) is 81.4 Å². The number of amides is 1. The van der Waals surface area contributed by atoms with Crippen molar-refractivity contribution in [3.05, 3.63) is 45.6 Å². The molecule has 1 heterocycles. The number of aryl methyl sites for hydroxylation is 1. The summed E-state index contributed by atoms with van der Waals surface area (Å²) in [7, 11) is 1.32. The molecule has 1 amide bonds. The summed E-state index contributed by atoms with van der Waals surface area (Å²) in [6, 6.07) is 8.13. The molecule has 0 bridgehead atoms. The number of nitrogen functional groups attached to an aromatic ring is 1. The maximum absolute atomic E-state index is 12.0. The fraction of sp³-hybridized carbons (Fsp3) is 0.143. The van der Waals surface area contributed by atoms with Gasteiger partial charge in [-0.25, -0.2) is 4.79 Å². The Kier molecular flexibility index (Phi) is 4.05. The smallest absolute Gasteiger partial charge is 0.337 e. The maximum atomic E-state index is 12.0. The van der Waals surface area contributed by atoms with Gasteiger partial charge in [-0.3, -0.25) is 4.79 Å². The molecule has 0 saturated carbocycles. The van der Waals surface area contributed by atoms with Gasteiger partial charge in [0.25, 0.3) is 5.91 Å².